The molecule has 0 saturated carbocycles. The van der Waals surface area contributed by atoms with Crippen molar-refractivity contribution in [3.63, 3.8) is 0 Å². The molecular formula is C19H25N5O2. The van der Waals surface area contributed by atoms with Crippen LogP contribution < -0.4 is 10.6 Å². The van der Waals surface area contributed by atoms with Crippen LogP contribution in [0.2, 0.25) is 0 Å². The predicted octanol–water partition coefficient (Wildman–Crippen LogP) is 2.44. The van der Waals surface area contributed by atoms with Gasteiger partial charge in [-0.05, 0) is 31.5 Å². The van der Waals surface area contributed by atoms with E-state index in [1.54, 1.807) is 4.90 Å². The van der Waals surface area contributed by atoms with Crippen molar-refractivity contribution in [3.05, 3.63) is 47.0 Å². The number of hydrogen-bond acceptors (Lipinski definition) is 3. The summed E-state index contributed by atoms with van der Waals surface area (Å²) in [5.74, 6) is 0.765. The fourth-order valence-electron chi connectivity index (χ4n) is 3.28. The lowest BCUT2D eigenvalue weighted by molar-refractivity contribution is -0.119. The van der Waals surface area contributed by atoms with Crippen molar-refractivity contribution in [3.8, 4) is 0 Å². The van der Waals surface area contributed by atoms with Crippen LogP contribution in [0.25, 0.3) is 0 Å². The third-order valence-corrected chi connectivity index (χ3v) is 4.56. The van der Waals surface area contributed by atoms with E-state index in [1.165, 1.54) is 6.92 Å². The number of carbonyl (C=O) groups excluding carboxylic acids is 2. The predicted molar refractivity (Wildman–Crippen MR) is 99.7 cm³/mol. The zero-order chi connectivity index (χ0) is 18.7. The number of aromatic nitrogens is 2. The maximum atomic E-state index is 12.6. The van der Waals surface area contributed by atoms with Crippen LogP contribution in [0.1, 0.15) is 36.6 Å². The normalized spacial score (nSPS) is 13.3. The fraction of sp³-hybridized carbons (Fsp3) is 0.421. The molecule has 3 rings (SSSR count). The minimum absolute atomic E-state index is 0.0761. The van der Waals surface area contributed by atoms with Crippen LogP contribution in [0, 0.1) is 6.92 Å². The SMILES string of the molecule is CCn1c(CNC(C)=O)nc2c1CN(C(=O)Nc1cccc(C)c1)CC2. The van der Waals surface area contributed by atoms with Crippen molar-refractivity contribution in [2.24, 2.45) is 0 Å². The molecule has 0 unspecified atom stereocenters. The molecule has 138 valence electrons. The molecule has 1 aromatic heterocycles. The molecule has 1 aromatic carbocycles. The number of nitrogens with zero attached hydrogens (tertiary/aromatic N) is 3. The minimum Gasteiger partial charge on any atom is -0.349 e. The molecule has 2 heterocycles. The van der Waals surface area contributed by atoms with Crippen LogP contribution in [0.15, 0.2) is 24.3 Å². The van der Waals surface area contributed by atoms with Crippen LogP contribution in [0.4, 0.5) is 10.5 Å². The molecule has 0 saturated heterocycles. The van der Waals surface area contributed by atoms with Crippen LogP contribution in [0.3, 0.4) is 0 Å². The van der Waals surface area contributed by atoms with E-state index in [2.05, 4.69) is 20.2 Å². The number of aryl methyl sites for hydroxylation is 1. The smallest absolute Gasteiger partial charge is 0.322 e. The lowest BCUT2D eigenvalue weighted by Gasteiger charge is -2.27. The summed E-state index contributed by atoms with van der Waals surface area (Å²) in [6.07, 6.45) is 0.719. The van der Waals surface area contributed by atoms with Gasteiger partial charge >= 0.3 is 6.03 Å². The molecule has 26 heavy (non-hydrogen) atoms. The van der Waals surface area contributed by atoms with Crippen molar-refractivity contribution < 1.29 is 9.59 Å². The Kier molecular flexibility index (Phi) is 5.25. The summed E-state index contributed by atoms with van der Waals surface area (Å²) in [5.41, 5.74) is 3.98. The molecule has 0 atom stereocenters. The van der Waals surface area contributed by atoms with E-state index in [0.29, 0.717) is 19.6 Å². The Labute approximate surface area is 153 Å². The summed E-state index contributed by atoms with van der Waals surface area (Å²) < 4.78 is 2.09. The number of urea groups is 1. The second-order valence-electron chi connectivity index (χ2n) is 6.55. The molecule has 2 aromatic rings. The Morgan fingerprint density at radius 1 is 1.31 bits per heavy atom. The summed E-state index contributed by atoms with van der Waals surface area (Å²) in [4.78, 5) is 30.3. The highest BCUT2D eigenvalue weighted by Crippen LogP contribution is 2.21. The van der Waals surface area contributed by atoms with E-state index in [-0.39, 0.29) is 11.9 Å². The third kappa shape index (κ3) is 3.87. The standard InChI is InChI=1S/C19H25N5O2/c1-4-24-17-12-23(19(26)21-15-7-5-6-13(2)10-15)9-8-16(17)22-18(24)11-20-14(3)25/h5-7,10H,4,8-9,11-12H2,1-3H3,(H,20,25)(H,21,26). The van der Waals surface area contributed by atoms with Gasteiger partial charge in [0, 0.05) is 32.1 Å². The van der Waals surface area contributed by atoms with E-state index in [0.717, 1.165) is 41.4 Å². The van der Waals surface area contributed by atoms with Gasteiger partial charge in [0.2, 0.25) is 5.91 Å². The van der Waals surface area contributed by atoms with Crippen molar-refractivity contribution in [2.45, 2.75) is 46.8 Å². The topological polar surface area (TPSA) is 79.3 Å². The maximum absolute atomic E-state index is 12.6. The summed E-state index contributed by atoms with van der Waals surface area (Å²) in [5, 5.41) is 5.77. The minimum atomic E-state index is -0.103. The number of fused-ring (bicyclic) bond motifs is 1. The van der Waals surface area contributed by atoms with Gasteiger partial charge in [0.1, 0.15) is 5.82 Å². The molecule has 0 spiro atoms. The van der Waals surface area contributed by atoms with E-state index < -0.39 is 0 Å². The monoisotopic (exact) mass is 355 g/mol. The van der Waals surface area contributed by atoms with Crippen molar-refractivity contribution in [2.75, 3.05) is 11.9 Å². The number of hydrogen-bond donors (Lipinski definition) is 2. The number of benzene rings is 1. The molecule has 0 aliphatic carbocycles. The first-order chi connectivity index (χ1) is 12.5. The molecule has 7 heteroatoms. The van der Waals surface area contributed by atoms with Crippen LogP contribution >= 0.6 is 0 Å². The van der Waals surface area contributed by atoms with Gasteiger partial charge in [0.25, 0.3) is 0 Å². The van der Waals surface area contributed by atoms with Gasteiger partial charge in [-0.2, -0.15) is 0 Å². The zero-order valence-corrected chi connectivity index (χ0v) is 15.5. The van der Waals surface area contributed by atoms with Gasteiger partial charge in [-0.25, -0.2) is 9.78 Å². The summed E-state index contributed by atoms with van der Waals surface area (Å²) >= 11 is 0. The molecule has 0 radical (unpaired) electrons. The number of imidazole rings is 1. The zero-order valence-electron chi connectivity index (χ0n) is 15.5. The van der Waals surface area contributed by atoms with Crippen molar-refractivity contribution in [1.82, 2.24) is 19.8 Å². The fourth-order valence-corrected chi connectivity index (χ4v) is 3.28. The third-order valence-electron chi connectivity index (χ3n) is 4.56. The Morgan fingerprint density at radius 3 is 2.81 bits per heavy atom. The Hall–Kier alpha value is -2.83. The number of nitrogens with one attached hydrogen (secondary N) is 2. The second-order valence-corrected chi connectivity index (χ2v) is 6.55. The highest BCUT2D eigenvalue weighted by molar-refractivity contribution is 5.89. The first-order valence-electron chi connectivity index (χ1n) is 8.92. The molecule has 1 aliphatic heterocycles. The van der Waals surface area contributed by atoms with Gasteiger partial charge in [-0.3, -0.25) is 4.79 Å². The van der Waals surface area contributed by atoms with Gasteiger partial charge in [-0.1, -0.05) is 12.1 Å². The number of carbonyl (C=O) groups is 2. The first kappa shape index (κ1) is 18.0. The molecule has 3 amide bonds. The highest BCUT2D eigenvalue weighted by atomic mass is 16.2. The molecule has 0 bridgehead atoms. The van der Waals surface area contributed by atoms with Gasteiger partial charge < -0.3 is 20.1 Å². The van der Waals surface area contributed by atoms with Crippen LogP contribution in [-0.2, 0) is 30.8 Å². The number of anilines is 1. The van der Waals surface area contributed by atoms with Gasteiger partial charge in [-0.15, -0.1) is 0 Å². The Balaban J connectivity index is 1.74. The van der Waals surface area contributed by atoms with E-state index in [1.807, 2.05) is 38.1 Å². The second kappa shape index (κ2) is 7.59. The van der Waals surface area contributed by atoms with Gasteiger partial charge in [0.05, 0.1) is 24.5 Å². The number of amides is 3. The van der Waals surface area contributed by atoms with E-state index in [9.17, 15) is 9.59 Å². The van der Waals surface area contributed by atoms with E-state index >= 15 is 0 Å². The lowest BCUT2D eigenvalue weighted by Crippen LogP contribution is -2.39. The Bertz CT molecular complexity index is 827. The van der Waals surface area contributed by atoms with Gasteiger partial charge in [0.15, 0.2) is 0 Å². The largest absolute Gasteiger partial charge is 0.349 e. The average Bonchev–Trinajstić information content (AvgIpc) is 2.96. The molecule has 1 aliphatic rings. The molecule has 0 fully saturated rings. The summed E-state index contributed by atoms with van der Waals surface area (Å²) in [6.45, 7) is 7.86. The molecular weight excluding hydrogens is 330 g/mol. The first-order valence-corrected chi connectivity index (χ1v) is 8.92. The maximum Gasteiger partial charge on any atom is 0.322 e. The summed E-state index contributed by atoms with van der Waals surface area (Å²) in [6, 6.07) is 7.67. The highest BCUT2D eigenvalue weighted by Gasteiger charge is 2.26. The van der Waals surface area contributed by atoms with Crippen LogP contribution in [0.5, 0.6) is 0 Å². The quantitative estimate of drug-likeness (QED) is 0.884. The van der Waals surface area contributed by atoms with E-state index in [4.69, 9.17) is 0 Å². The van der Waals surface area contributed by atoms with Crippen LogP contribution in [-0.4, -0.2) is 32.9 Å². The van der Waals surface area contributed by atoms with Crippen molar-refractivity contribution >= 4 is 17.6 Å². The number of rotatable bonds is 4. The average molecular weight is 355 g/mol. The molecule has 2 N–H and O–H groups in total. The lowest BCUT2D eigenvalue weighted by atomic mass is 10.1. The molecule has 7 nitrogen and oxygen atoms in total. The summed E-state index contributed by atoms with van der Waals surface area (Å²) in [7, 11) is 0. The Morgan fingerprint density at radius 2 is 2.12 bits per heavy atom. The van der Waals surface area contributed by atoms with Crippen molar-refractivity contribution in [1.29, 1.82) is 0 Å².